The summed E-state index contributed by atoms with van der Waals surface area (Å²) in [4.78, 5) is 5.09. The standard InChI is InChI=1S/C17H26N2O/c20-17(15-6-2-1-3-7-15)14-18-12-8-16(9-13-18)19-10-4-5-11-19/h1-3,6-7,16-17,20H,4-5,8-14H2. The molecular formula is C17H26N2O. The van der Waals surface area contributed by atoms with E-state index in [2.05, 4.69) is 9.80 Å². The molecule has 2 heterocycles. The number of aliphatic hydroxyl groups excluding tert-OH is 1. The van der Waals surface area contributed by atoms with Gasteiger partial charge in [-0.2, -0.15) is 0 Å². The Kier molecular flexibility index (Phi) is 4.71. The van der Waals surface area contributed by atoms with Crippen LogP contribution in [0.5, 0.6) is 0 Å². The molecule has 3 nitrogen and oxygen atoms in total. The smallest absolute Gasteiger partial charge is 0.0916 e. The van der Waals surface area contributed by atoms with E-state index in [1.165, 1.54) is 38.8 Å². The number of hydrogen-bond donors (Lipinski definition) is 1. The summed E-state index contributed by atoms with van der Waals surface area (Å²) >= 11 is 0. The van der Waals surface area contributed by atoms with Gasteiger partial charge in [-0.05, 0) is 57.4 Å². The summed E-state index contributed by atoms with van der Waals surface area (Å²) in [5.41, 5.74) is 1.04. The van der Waals surface area contributed by atoms with Gasteiger partial charge in [-0.3, -0.25) is 0 Å². The summed E-state index contributed by atoms with van der Waals surface area (Å²) in [5.74, 6) is 0. The molecule has 0 aromatic heterocycles. The first-order chi connectivity index (χ1) is 9.83. The fourth-order valence-corrected chi connectivity index (χ4v) is 3.60. The molecule has 0 radical (unpaired) electrons. The van der Waals surface area contributed by atoms with Crippen molar-refractivity contribution in [2.45, 2.75) is 37.8 Å². The van der Waals surface area contributed by atoms with Crippen molar-refractivity contribution in [3.63, 3.8) is 0 Å². The Morgan fingerprint density at radius 1 is 1.00 bits per heavy atom. The molecule has 0 saturated carbocycles. The summed E-state index contributed by atoms with van der Waals surface area (Å²) in [5, 5.41) is 10.3. The lowest BCUT2D eigenvalue weighted by atomic mass is 10.0. The van der Waals surface area contributed by atoms with Crippen molar-refractivity contribution in [3.05, 3.63) is 35.9 Å². The maximum Gasteiger partial charge on any atom is 0.0916 e. The third-order valence-electron chi connectivity index (χ3n) is 4.83. The van der Waals surface area contributed by atoms with Crippen molar-refractivity contribution in [3.8, 4) is 0 Å². The largest absolute Gasteiger partial charge is 0.387 e. The van der Waals surface area contributed by atoms with Crippen LogP contribution in [0.2, 0.25) is 0 Å². The molecule has 2 fully saturated rings. The van der Waals surface area contributed by atoms with Crippen LogP contribution in [0.15, 0.2) is 30.3 Å². The molecular weight excluding hydrogens is 248 g/mol. The number of hydrogen-bond acceptors (Lipinski definition) is 3. The van der Waals surface area contributed by atoms with Crippen LogP contribution in [0.25, 0.3) is 0 Å². The molecule has 0 spiro atoms. The van der Waals surface area contributed by atoms with Crippen LogP contribution in [0.1, 0.15) is 37.4 Å². The topological polar surface area (TPSA) is 26.7 Å². The Morgan fingerprint density at radius 2 is 1.65 bits per heavy atom. The number of rotatable bonds is 4. The minimum Gasteiger partial charge on any atom is -0.387 e. The monoisotopic (exact) mass is 274 g/mol. The van der Waals surface area contributed by atoms with E-state index in [0.29, 0.717) is 0 Å². The van der Waals surface area contributed by atoms with E-state index < -0.39 is 0 Å². The van der Waals surface area contributed by atoms with E-state index in [0.717, 1.165) is 31.2 Å². The van der Waals surface area contributed by atoms with Crippen molar-refractivity contribution in [1.29, 1.82) is 0 Å². The minimum absolute atomic E-state index is 0.348. The van der Waals surface area contributed by atoms with Gasteiger partial charge in [-0.25, -0.2) is 0 Å². The number of β-amino-alcohol motifs (C(OH)–C–C–N with tert-alkyl or cyclic N) is 1. The Labute approximate surface area is 122 Å². The summed E-state index contributed by atoms with van der Waals surface area (Å²) in [6.07, 6.45) is 4.95. The molecule has 2 aliphatic rings. The number of aliphatic hydroxyl groups is 1. The summed E-state index contributed by atoms with van der Waals surface area (Å²) in [6, 6.07) is 10.8. The second-order valence-electron chi connectivity index (χ2n) is 6.20. The zero-order valence-corrected chi connectivity index (χ0v) is 12.2. The van der Waals surface area contributed by atoms with Gasteiger partial charge in [0.05, 0.1) is 6.10 Å². The average Bonchev–Trinajstić information content (AvgIpc) is 3.03. The number of piperidine rings is 1. The molecule has 3 rings (SSSR count). The van der Waals surface area contributed by atoms with Crippen molar-refractivity contribution >= 4 is 0 Å². The first-order valence-corrected chi connectivity index (χ1v) is 8.02. The highest BCUT2D eigenvalue weighted by atomic mass is 16.3. The molecule has 1 atom stereocenters. The lowest BCUT2D eigenvalue weighted by Gasteiger charge is -2.37. The van der Waals surface area contributed by atoms with Gasteiger partial charge in [-0.1, -0.05) is 30.3 Å². The number of nitrogens with zero attached hydrogens (tertiary/aromatic N) is 2. The van der Waals surface area contributed by atoms with Crippen LogP contribution in [0, 0.1) is 0 Å². The van der Waals surface area contributed by atoms with Crippen LogP contribution in [-0.2, 0) is 0 Å². The molecule has 1 N–H and O–H groups in total. The summed E-state index contributed by atoms with van der Waals surface area (Å²) in [6.45, 7) is 5.64. The molecule has 3 heteroatoms. The maximum atomic E-state index is 10.3. The van der Waals surface area contributed by atoms with E-state index >= 15 is 0 Å². The molecule has 1 unspecified atom stereocenters. The van der Waals surface area contributed by atoms with Crippen molar-refractivity contribution in [1.82, 2.24) is 9.80 Å². The lowest BCUT2D eigenvalue weighted by Crippen LogP contribution is -2.44. The second kappa shape index (κ2) is 6.70. The Balaban J connectivity index is 1.46. The molecule has 1 aromatic rings. The Hall–Kier alpha value is -0.900. The van der Waals surface area contributed by atoms with Crippen LogP contribution in [0.4, 0.5) is 0 Å². The number of likely N-dealkylation sites (tertiary alicyclic amines) is 2. The quantitative estimate of drug-likeness (QED) is 0.912. The van der Waals surface area contributed by atoms with E-state index in [1.807, 2.05) is 30.3 Å². The fraction of sp³-hybridized carbons (Fsp3) is 0.647. The van der Waals surface area contributed by atoms with E-state index in [9.17, 15) is 5.11 Å². The Bertz CT molecular complexity index is 395. The summed E-state index contributed by atoms with van der Waals surface area (Å²) in [7, 11) is 0. The predicted molar refractivity (Wildman–Crippen MR) is 81.7 cm³/mol. The minimum atomic E-state index is -0.348. The van der Waals surface area contributed by atoms with Gasteiger partial charge in [0.15, 0.2) is 0 Å². The van der Waals surface area contributed by atoms with Gasteiger partial charge >= 0.3 is 0 Å². The predicted octanol–water partition coefficient (Wildman–Crippen LogP) is 2.28. The first kappa shape index (κ1) is 14.1. The van der Waals surface area contributed by atoms with Gasteiger partial charge in [0, 0.05) is 12.6 Å². The van der Waals surface area contributed by atoms with E-state index in [-0.39, 0.29) is 6.10 Å². The van der Waals surface area contributed by atoms with Gasteiger partial charge in [0.1, 0.15) is 0 Å². The highest BCUT2D eigenvalue weighted by molar-refractivity contribution is 5.17. The molecule has 0 bridgehead atoms. The first-order valence-electron chi connectivity index (χ1n) is 8.02. The zero-order valence-electron chi connectivity index (χ0n) is 12.2. The number of benzene rings is 1. The normalized spacial score (nSPS) is 24.1. The molecule has 0 aliphatic carbocycles. The average molecular weight is 274 g/mol. The van der Waals surface area contributed by atoms with Gasteiger partial charge in [-0.15, -0.1) is 0 Å². The third-order valence-corrected chi connectivity index (χ3v) is 4.83. The van der Waals surface area contributed by atoms with Crippen LogP contribution in [-0.4, -0.2) is 53.7 Å². The lowest BCUT2D eigenvalue weighted by molar-refractivity contribution is 0.0739. The third kappa shape index (κ3) is 3.40. The molecule has 2 aliphatic heterocycles. The fourth-order valence-electron chi connectivity index (χ4n) is 3.60. The molecule has 1 aromatic carbocycles. The van der Waals surface area contributed by atoms with Crippen LogP contribution >= 0.6 is 0 Å². The van der Waals surface area contributed by atoms with E-state index in [4.69, 9.17) is 0 Å². The van der Waals surface area contributed by atoms with E-state index in [1.54, 1.807) is 0 Å². The van der Waals surface area contributed by atoms with Crippen LogP contribution in [0.3, 0.4) is 0 Å². The maximum absolute atomic E-state index is 10.3. The highest BCUT2D eigenvalue weighted by Gasteiger charge is 2.27. The molecule has 2 saturated heterocycles. The molecule has 0 amide bonds. The van der Waals surface area contributed by atoms with Crippen LogP contribution < -0.4 is 0 Å². The molecule has 110 valence electrons. The molecule has 20 heavy (non-hydrogen) atoms. The second-order valence-corrected chi connectivity index (χ2v) is 6.20. The summed E-state index contributed by atoms with van der Waals surface area (Å²) < 4.78 is 0. The SMILES string of the molecule is OC(CN1CCC(N2CCCC2)CC1)c1ccccc1. The van der Waals surface area contributed by atoms with Crippen molar-refractivity contribution < 1.29 is 5.11 Å². The van der Waals surface area contributed by atoms with Gasteiger partial charge in [0.25, 0.3) is 0 Å². The van der Waals surface area contributed by atoms with Crippen molar-refractivity contribution in [2.75, 3.05) is 32.7 Å². The zero-order chi connectivity index (χ0) is 13.8. The van der Waals surface area contributed by atoms with Crippen molar-refractivity contribution in [2.24, 2.45) is 0 Å². The van der Waals surface area contributed by atoms with Gasteiger partial charge in [0.2, 0.25) is 0 Å². The highest BCUT2D eigenvalue weighted by Crippen LogP contribution is 2.22. The Morgan fingerprint density at radius 3 is 2.30 bits per heavy atom. The van der Waals surface area contributed by atoms with Gasteiger partial charge < -0.3 is 14.9 Å².